The van der Waals surface area contributed by atoms with Crippen LogP contribution in [0.15, 0.2) is 30.3 Å². The van der Waals surface area contributed by atoms with Crippen molar-refractivity contribution in [2.45, 2.75) is 56.6 Å². The van der Waals surface area contributed by atoms with Crippen molar-refractivity contribution in [2.75, 3.05) is 26.8 Å². The first kappa shape index (κ1) is 19.3. The third-order valence-corrected chi connectivity index (χ3v) is 5.33. The number of aliphatic hydroxyl groups excluding tert-OH is 1. The van der Waals surface area contributed by atoms with E-state index in [1.165, 1.54) is 0 Å². The molecule has 5 atom stereocenters. The lowest BCUT2D eigenvalue weighted by atomic mass is 9.95. The average molecular weight is 362 g/mol. The zero-order valence-electron chi connectivity index (χ0n) is 15.6. The third kappa shape index (κ3) is 5.04. The summed E-state index contributed by atoms with van der Waals surface area (Å²) >= 11 is 0. The van der Waals surface area contributed by atoms with Crippen molar-refractivity contribution in [2.24, 2.45) is 0 Å². The maximum Gasteiger partial charge on any atom is 0.223 e. The Morgan fingerprint density at radius 3 is 2.85 bits per heavy atom. The van der Waals surface area contributed by atoms with Gasteiger partial charge in [0.05, 0.1) is 44.0 Å². The van der Waals surface area contributed by atoms with Crippen LogP contribution in [0.4, 0.5) is 0 Å². The van der Waals surface area contributed by atoms with Gasteiger partial charge >= 0.3 is 0 Å². The zero-order chi connectivity index (χ0) is 18.5. The lowest BCUT2D eigenvalue weighted by Gasteiger charge is -2.43. The summed E-state index contributed by atoms with van der Waals surface area (Å²) in [6.45, 7) is 3.37. The smallest absolute Gasteiger partial charge is 0.223 e. The number of hydrogen-bond donors (Lipinski definition) is 2. The molecule has 2 aliphatic rings. The first-order valence-electron chi connectivity index (χ1n) is 9.48. The molecule has 0 aliphatic carbocycles. The van der Waals surface area contributed by atoms with Gasteiger partial charge in [0, 0.05) is 12.6 Å². The van der Waals surface area contributed by atoms with Gasteiger partial charge in [0.2, 0.25) is 5.91 Å². The molecule has 2 saturated heterocycles. The van der Waals surface area contributed by atoms with E-state index in [0.29, 0.717) is 26.2 Å². The minimum atomic E-state index is -0.455. The van der Waals surface area contributed by atoms with Gasteiger partial charge in [-0.2, -0.15) is 0 Å². The largest absolute Gasteiger partial charge is 0.389 e. The van der Waals surface area contributed by atoms with Crippen LogP contribution in [0.2, 0.25) is 0 Å². The van der Waals surface area contributed by atoms with Crippen LogP contribution in [0.25, 0.3) is 0 Å². The first-order valence-corrected chi connectivity index (χ1v) is 9.48. The second-order valence-electron chi connectivity index (χ2n) is 7.48. The molecule has 0 radical (unpaired) electrons. The van der Waals surface area contributed by atoms with Crippen LogP contribution in [-0.4, -0.2) is 67.1 Å². The summed E-state index contributed by atoms with van der Waals surface area (Å²) in [6, 6.07) is 10.2. The molecule has 2 heterocycles. The minimum absolute atomic E-state index is 0.0142. The monoisotopic (exact) mass is 362 g/mol. The maximum atomic E-state index is 12.4. The molecule has 6 nitrogen and oxygen atoms in total. The van der Waals surface area contributed by atoms with E-state index in [-0.39, 0.29) is 30.2 Å². The molecular formula is C20H30N2O4. The van der Waals surface area contributed by atoms with Crippen LogP contribution in [0.5, 0.6) is 0 Å². The van der Waals surface area contributed by atoms with Crippen molar-refractivity contribution in [3.63, 3.8) is 0 Å². The Labute approximate surface area is 155 Å². The Bertz CT molecular complexity index is 582. The number of carbonyl (C=O) groups excluding carboxylic acids is 1. The number of amides is 1. The molecule has 0 spiro atoms. The van der Waals surface area contributed by atoms with Crippen molar-refractivity contribution in [1.29, 1.82) is 0 Å². The standard InChI is InChI=1S/C20H30N2O4/c1-14(15-6-4-3-5-7-15)21-20(24)10-17-8-9-18-19(26-17)13-25-12-16(23)11-22(18)2/h3-7,14,16-19,23H,8-13H2,1-2H3,(H,21,24)/t14-,16-,17+,18-,19+/m0/s1. The highest BCUT2D eigenvalue weighted by Crippen LogP contribution is 2.27. The van der Waals surface area contributed by atoms with Gasteiger partial charge in [-0.25, -0.2) is 0 Å². The predicted octanol–water partition coefficient (Wildman–Crippen LogP) is 1.49. The van der Waals surface area contributed by atoms with Gasteiger partial charge in [-0.1, -0.05) is 30.3 Å². The van der Waals surface area contributed by atoms with E-state index >= 15 is 0 Å². The molecule has 0 saturated carbocycles. The number of β-amino-alcohol motifs (C(OH)–C–C–N with tert-alkyl or cyclic N) is 1. The van der Waals surface area contributed by atoms with Crippen LogP contribution in [0, 0.1) is 0 Å². The third-order valence-electron chi connectivity index (χ3n) is 5.33. The van der Waals surface area contributed by atoms with Crippen molar-refractivity contribution < 1.29 is 19.4 Å². The number of nitrogens with one attached hydrogen (secondary N) is 1. The molecule has 0 bridgehead atoms. The molecular weight excluding hydrogens is 332 g/mol. The van der Waals surface area contributed by atoms with E-state index < -0.39 is 6.10 Å². The summed E-state index contributed by atoms with van der Waals surface area (Å²) in [5.74, 6) is 0.0142. The number of fused-ring (bicyclic) bond motifs is 1. The molecule has 1 amide bonds. The number of ether oxygens (including phenoxy) is 2. The van der Waals surface area contributed by atoms with E-state index in [4.69, 9.17) is 9.47 Å². The fourth-order valence-corrected chi connectivity index (χ4v) is 3.93. The quantitative estimate of drug-likeness (QED) is 0.849. The highest BCUT2D eigenvalue weighted by atomic mass is 16.5. The Morgan fingerprint density at radius 1 is 1.31 bits per heavy atom. The molecule has 2 fully saturated rings. The molecule has 1 aromatic rings. The molecule has 26 heavy (non-hydrogen) atoms. The van der Waals surface area contributed by atoms with Crippen molar-refractivity contribution in [3.05, 3.63) is 35.9 Å². The summed E-state index contributed by atoms with van der Waals surface area (Å²) in [4.78, 5) is 14.6. The number of likely N-dealkylation sites (N-methyl/N-ethyl adjacent to an activating group) is 1. The van der Waals surface area contributed by atoms with Gasteiger partial charge < -0.3 is 19.9 Å². The van der Waals surface area contributed by atoms with Gasteiger partial charge in [-0.15, -0.1) is 0 Å². The van der Waals surface area contributed by atoms with Crippen molar-refractivity contribution >= 4 is 5.91 Å². The number of benzene rings is 1. The molecule has 1 aromatic carbocycles. The Morgan fingerprint density at radius 2 is 2.08 bits per heavy atom. The van der Waals surface area contributed by atoms with E-state index in [0.717, 1.165) is 18.4 Å². The second-order valence-corrected chi connectivity index (χ2v) is 7.48. The van der Waals surface area contributed by atoms with Crippen LogP contribution in [0.3, 0.4) is 0 Å². The predicted molar refractivity (Wildman–Crippen MR) is 98.8 cm³/mol. The lowest BCUT2D eigenvalue weighted by molar-refractivity contribution is -0.153. The normalized spacial score (nSPS) is 31.3. The number of hydrogen-bond acceptors (Lipinski definition) is 5. The number of nitrogens with zero attached hydrogens (tertiary/aromatic N) is 1. The van der Waals surface area contributed by atoms with E-state index in [2.05, 4.69) is 10.2 Å². The van der Waals surface area contributed by atoms with Crippen molar-refractivity contribution in [3.8, 4) is 0 Å². The maximum absolute atomic E-state index is 12.4. The highest BCUT2D eigenvalue weighted by Gasteiger charge is 2.36. The van der Waals surface area contributed by atoms with Gasteiger partial charge in [0.25, 0.3) is 0 Å². The number of rotatable bonds is 4. The number of aliphatic hydroxyl groups is 1. The summed E-state index contributed by atoms with van der Waals surface area (Å²) in [5, 5.41) is 12.9. The molecule has 0 unspecified atom stereocenters. The van der Waals surface area contributed by atoms with Crippen LogP contribution in [0.1, 0.15) is 37.8 Å². The van der Waals surface area contributed by atoms with E-state index in [9.17, 15) is 9.90 Å². The molecule has 3 rings (SSSR count). The first-order chi connectivity index (χ1) is 12.5. The summed E-state index contributed by atoms with van der Waals surface area (Å²) < 4.78 is 11.8. The van der Waals surface area contributed by atoms with Crippen LogP contribution < -0.4 is 5.32 Å². The molecule has 2 aliphatic heterocycles. The molecule has 144 valence electrons. The molecule has 0 aromatic heterocycles. The van der Waals surface area contributed by atoms with Gasteiger partial charge in [0.1, 0.15) is 0 Å². The summed E-state index contributed by atoms with van der Waals surface area (Å²) in [5.41, 5.74) is 1.10. The summed E-state index contributed by atoms with van der Waals surface area (Å²) in [6.07, 6.45) is 1.57. The van der Waals surface area contributed by atoms with Crippen LogP contribution in [-0.2, 0) is 14.3 Å². The highest BCUT2D eigenvalue weighted by molar-refractivity contribution is 5.76. The van der Waals surface area contributed by atoms with Gasteiger partial charge in [0.15, 0.2) is 0 Å². The fourth-order valence-electron chi connectivity index (χ4n) is 3.93. The lowest BCUT2D eigenvalue weighted by Crippen LogP contribution is -2.54. The number of carbonyl (C=O) groups is 1. The Kier molecular flexibility index (Phi) is 6.64. The van der Waals surface area contributed by atoms with Gasteiger partial charge in [-0.3, -0.25) is 9.69 Å². The Hall–Kier alpha value is -1.47. The summed E-state index contributed by atoms with van der Waals surface area (Å²) in [7, 11) is 2.02. The van der Waals surface area contributed by atoms with E-state index in [1.807, 2.05) is 44.3 Å². The minimum Gasteiger partial charge on any atom is -0.389 e. The van der Waals surface area contributed by atoms with E-state index in [1.54, 1.807) is 0 Å². The average Bonchev–Trinajstić information content (AvgIpc) is 2.61. The zero-order valence-corrected chi connectivity index (χ0v) is 15.6. The second kappa shape index (κ2) is 8.95. The van der Waals surface area contributed by atoms with Crippen LogP contribution >= 0.6 is 0 Å². The SMILES string of the molecule is C[C@H](NC(=O)C[C@H]1CC[C@H]2[C@@H](COC[C@@H](O)CN2C)O1)c1ccccc1. The Balaban J connectivity index is 1.51. The molecule has 6 heteroatoms. The van der Waals surface area contributed by atoms with Crippen molar-refractivity contribution in [1.82, 2.24) is 10.2 Å². The fraction of sp³-hybridized carbons (Fsp3) is 0.650. The topological polar surface area (TPSA) is 71.0 Å². The van der Waals surface area contributed by atoms with Gasteiger partial charge in [-0.05, 0) is 32.4 Å². The molecule has 2 N–H and O–H groups in total.